The van der Waals surface area contributed by atoms with Crippen LogP contribution in [0.5, 0.6) is 0 Å². The molecule has 1 fully saturated rings. The molecule has 0 amide bonds. The molecule has 0 aliphatic heterocycles. The first-order valence-electron chi connectivity index (χ1n) is 5.49. The van der Waals surface area contributed by atoms with Crippen LogP contribution < -0.4 is 0 Å². The molecule has 12 heavy (non-hydrogen) atoms. The molecular formula is C11H25F. The van der Waals surface area contributed by atoms with E-state index in [-0.39, 0.29) is 6.67 Å². The maximum atomic E-state index is 11.9. The van der Waals surface area contributed by atoms with E-state index >= 15 is 0 Å². The summed E-state index contributed by atoms with van der Waals surface area (Å²) >= 11 is 0. The van der Waals surface area contributed by atoms with Gasteiger partial charge in [-0.1, -0.05) is 47.0 Å². The number of hydrogen-bond donors (Lipinski definition) is 0. The Morgan fingerprint density at radius 3 is 1.58 bits per heavy atom. The van der Waals surface area contributed by atoms with Gasteiger partial charge in [0.05, 0.1) is 6.67 Å². The zero-order chi connectivity index (χ0) is 9.82. The predicted octanol–water partition coefficient (Wildman–Crippen LogP) is 4.59. The highest BCUT2D eigenvalue weighted by Crippen LogP contribution is 2.23. The molecule has 0 N–H and O–H groups in total. The van der Waals surface area contributed by atoms with Crippen molar-refractivity contribution in [2.75, 3.05) is 6.67 Å². The van der Waals surface area contributed by atoms with Gasteiger partial charge in [0.2, 0.25) is 0 Å². The van der Waals surface area contributed by atoms with E-state index in [1.807, 2.05) is 27.7 Å². The normalized spacial score (nSPS) is 16.8. The molecule has 0 heterocycles. The van der Waals surface area contributed by atoms with E-state index in [1.54, 1.807) is 0 Å². The first-order valence-corrected chi connectivity index (χ1v) is 5.49. The number of hydrogen-bond acceptors (Lipinski definition) is 0. The van der Waals surface area contributed by atoms with Crippen LogP contribution in [-0.4, -0.2) is 6.67 Å². The van der Waals surface area contributed by atoms with E-state index in [0.29, 0.717) is 5.92 Å². The third kappa shape index (κ3) is 8.03. The molecule has 0 atom stereocenters. The Morgan fingerprint density at radius 1 is 0.917 bits per heavy atom. The lowest BCUT2D eigenvalue weighted by Crippen LogP contribution is -2.07. The van der Waals surface area contributed by atoms with Crippen LogP contribution in [0.4, 0.5) is 4.39 Å². The summed E-state index contributed by atoms with van der Waals surface area (Å²) in [5.74, 6) is 0.420. The topological polar surface area (TPSA) is 0 Å². The second-order valence-electron chi connectivity index (χ2n) is 2.66. The van der Waals surface area contributed by atoms with Crippen molar-refractivity contribution in [1.82, 2.24) is 0 Å². The van der Waals surface area contributed by atoms with Crippen molar-refractivity contribution in [3.05, 3.63) is 0 Å². The van der Waals surface area contributed by atoms with Crippen molar-refractivity contribution in [2.24, 2.45) is 5.92 Å². The van der Waals surface area contributed by atoms with Crippen molar-refractivity contribution in [3.8, 4) is 0 Å². The standard InChI is InChI=1S/C7H13F.2C2H6/c8-6-7-4-2-1-3-5-7;2*1-2/h7H,1-6H2;2*1-2H3. The van der Waals surface area contributed by atoms with Crippen molar-refractivity contribution >= 4 is 0 Å². The number of rotatable bonds is 1. The highest BCUT2D eigenvalue weighted by molar-refractivity contribution is 4.63. The maximum absolute atomic E-state index is 11.9. The minimum Gasteiger partial charge on any atom is -0.251 e. The molecule has 1 aliphatic rings. The fourth-order valence-electron chi connectivity index (χ4n) is 1.34. The molecule has 0 aromatic carbocycles. The van der Waals surface area contributed by atoms with E-state index in [2.05, 4.69) is 0 Å². The third-order valence-electron chi connectivity index (χ3n) is 1.94. The second-order valence-corrected chi connectivity index (χ2v) is 2.66. The van der Waals surface area contributed by atoms with Gasteiger partial charge in [0.15, 0.2) is 0 Å². The lowest BCUT2D eigenvalue weighted by Gasteiger charge is -2.17. The summed E-state index contributed by atoms with van der Waals surface area (Å²) < 4.78 is 11.9. The van der Waals surface area contributed by atoms with Crippen LogP contribution in [0.1, 0.15) is 59.8 Å². The fourth-order valence-corrected chi connectivity index (χ4v) is 1.34. The van der Waals surface area contributed by atoms with Crippen LogP contribution in [0.2, 0.25) is 0 Å². The summed E-state index contributed by atoms with van der Waals surface area (Å²) in [6, 6.07) is 0. The Balaban J connectivity index is 0. The second kappa shape index (κ2) is 13.5. The molecule has 0 nitrogen and oxygen atoms in total. The van der Waals surface area contributed by atoms with Crippen LogP contribution in [0.15, 0.2) is 0 Å². The van der Waals surface area contributed by atoms with Crippen molar-refractivity contribution in [1.29, 1.82) is 0 Å². The van der Waals surface area contributed by atoms with Crippen LogP contribution in [-0.2, 0) is 0 Å². The molecule has 1 heteroatoms. The van der Waals surface area contributed by atoms with Crippen LogP contribution >= 0.6 is 0 Å². The first kappa shape index (κ1) is 14.5. The molecule has 0 radical (unpaired) electrons. The molecule has 0 saturated heterocycles. The highest BCUT2D eigenvalue weighted by atomic mass is 19.1. The van der Waals surface area contributed by atoms with Crippen LogP contribution in [0.25, 0.3) is 0 Å². The van der Waals surface area contributed by atoms with E-state index in [9.17, 15) is 4.39 Å². The van der Waals surface area contributed by atoms with Gasteiger partial charge in [-0.2, -0.15) is 0 Å². The van der Waals surface area contributed by atoms with E-state index in [4.69, 9.17) is 0 Å². The number of alkyl halides is 1. The largest absolute Gasteiger partial charge is 0.251 e. The Morgan fingerprint density at radius 2 is 1.33 bits per heavy atom. The smallest absolute Gasteiger partial charge is 0.0922 e. The Bertz CT molecular complexity index is 56.0. The molecule has 1 rings (SSSR count). The van der Waals surface area contributed by atoms with Crippen molar-refractivity contribution in [3.63, 3.8) is 0 Å². The van der Waals surface area contributed by atoms with Gasteiger partial charge < -0.3 is 0 Å². The van der Waals surface area contributed by atoms with Gasteiger partial charge in [0.1, 0.15) is 0 Å². The molecule has 0 aromatic heterocycles. The van der Waals surface area contributed by atoms with Gasteiger partial charge in [0, 0.05) is 0 Å². The molecule has 1 saturated carbocycles. The Kier molecular flexibility index (Phi) is 16.3. The van der Waals surface area contributed by atoms with Crippen molar-refractivity contribution in [2.45, 2.75) is 59.8 Å². The van der Waals surface area contributed by atoms with Gasteiger partial charge in [-0.15, -0.1) is 0 Å². The minimum absolute atomic E-state index is 0.0833. The van der Waals surface area contributed by atoms with E-state index in [0.717, 1.165) is 12.8 Å². The lowest BCUT2D eigenvalue weighted by molar-refractivity contribution is 0.281. The van der Waals surface area contributed by atoms with Gasteiger partial charge in [-0.25, -0.2) is 0 Å². The summed E-state index contributed by atoms with van der Waals surface area (Å²) in [5, 5.41) is 0. The molecule has 1 aliphatic carbocycles. The molecule has 0 unspecified atom stereocenters. The summed E-state index contributed by atoms with van der Waals surface area (Å²) in [7, 11) is 0. The quantitative estimate of drug-likeness (QED) is 0.548. The van der Waals surface area contributed by atoms with Crippen molar-refractivity contribution < 1.29 is 4.39 Å². The van der Waals surface area contributed by atoms with Crippen LogP contribution in [0.3, 0.4) is 0 Å². The first-order chi connectivity index (χ1) is 5.93. The van der Waals surface area contributed by atoms with Gasteiger partial charge in [-0.3, -0.25) is 4.39 Å². The average molecular weight is 176 g/mol. The summed E-state index contributed by atoms with van der Waals surface area (Å²) in [6.45, 7) is 7.92. The van der Waals surface area contributed by atoms with E-state index < -0.39 is 0 Å². The minimum atomic E-state index is -0.0833. The Hall–Kier alpha value is -0.0700. The molecular weight excluding hydrogens is 151 g/mol. The highest BCUT2D eigenvalue weighted by Gasteiger charge is 2.11. The monoisotopic (exact) mass is 176 g/mol. The lowest BCUT2D eigenvalue weighted by atomic mass is 9.90. The molecule has 76 valence electrons. The molecule has 0 bridgehead atoms. The zero-order valence-corrected chi connectivity index (χ0v) is 9.20. The van der Waals surface area contributed by atoms with Crippen LogP contribution in [0, 0.1) is 5.92 Å². The molecule has 0 aromatic rings. The zero-order valence-electron chi connectivity index (χ0n) is 9.20. The Labute approximate surface area is 77.6 Å². The van der Waals surface area contributed by atoms with Gasteiger partial charge >= 0.3 is 0 Å². The summed E-state index contributed by atoms with van der Waals surface area (Å²) in [5.41, 5.74) is 0. The fraction of sp³-hybridized carbons (Fsp3) is 1.00. The SMILES string of the molecule is CC.CC.FCC1CCCCC1. The predicted molar refractivity (Wildman–Crippen MR) is 55.2 cm³/mol. The van der Waals surface area contributed by atoms with E-state index in [1.165, 1.54) is 19.3 Å². The van der Waals surface area contributed by atoms with Gasteiger partial charge in [0.25, 0.3) is 0 Å². The summed E-state index contributed by atoms with van der Waals surface area (Å²) in [6.07, 6.45) is 6.12. The molecule has 0 spiro atoms. The number of halogens is 1. The van der Waals surface area contributed by atoms with Gasteiger partial charge in [-0.05, 0) is 18.8 Å². The average Bonchev–Trinajstić information content (AvgIpc) is 2.25. The summed E-state index contributed by atoms with van der Waals surface area (Å²) in [4.78, 5) is 0. The third-order valence-corrected chi connectivity index (χ3v) is 1.94. The maximum Gasteiger partial charge on any atom is 0.0922 e.